The van der Waals surface area contributed by atoms with E-state index in [1.165, 1.54) is 4.31 Å². The Bertz CT molecular complexity index is 809. The van der Waals surface area contributed by atoms with E-state index in [1.54, 1.807) is 36.4 Å². The van der Waals surface area contributed by atoms with E-state index >= 15 is 0 Å². The smallest absolute Gasteiger partial charge is 0.243 e. The number of benzene rings is 2. The third kappa shape index (κ3) is 3.72. The topological polar surface area (TPSA) is 72.6 Å². The lowest BCUT2D eigenvalue weighted by Gasteiger charge is -2.29. The molecule has 1 fully saturated rings. The Morgan fingerprint density at radius 1 is 1.12 bits per heavy atom. The number of hydrogen-bond donors (Lipinski definition) is 1. The van der Waals surface area contributed by atoms with Crippen molar-refractivity contribution in [3.63, 3.8) is 0 Å². The minimum absolute atomic E-state index is 0.101. The monoisotopic (exact) mass is 366 g/mol. The molecule has 0 amide bonds. The molecule has 1 atom stereocenters. The molecule has 0 aromatic heterocycles. The van der Waals surface area contributed by atoms with E-state index < -0.39 is 10.0 Å². The van der Waals surface area contributed by atoms with Gasteiger partial charge in [-0.15, -0.1) is 0 Å². The van der Waals surface area contributed by atoms with Gasteiger partial charge >= 0.3 is 0 Å². The molecule has 2 aromatic carbocycles. The second-order valence-electron chi connectivity index (χ2n) is 5.77. The van der Waals surface area contributed by atoms with Crippen LogP contribution in [0.25, 0.3) is 0 Å². The van der Waals surface area contributed by atoms with Crippen molar-refractivity contribution in [1.82, 2.24) is 4.31 Å². The number of ether oxygens (including phenoxy) is 1. The zero-order valence-corrected chi connectivity index (χ0v) is 14.6. The van der Waals surface area contributed by atoms with Gasteiger partial charge in [0.2, 0.25) is 10.0 Å². The van der Waals surface area contributed by atoms with Gasteiger partial charge in [-0.3, -0.25) is 0 Å². The summed E-state index contributed by atoms with van der Waals surface area (Å²) in [4.78, 5) is 0.239. The largest absolute Gasteiger partial charge is 0.456 e. The molecule has 0 bridgehead atoms. The van der Waals surface area contributed by atoms with Crippen LogP contribution in [0.4, 0.5) is 0 Å². The zero-order valence-electron chi connectivity index (χ0n) is 13.1. The molecular weight excluding hydrogens is 348 g/mol. The Hall–Kier alpha value is -1.60. The molecule has 0 saturated carbocycles. The molecule has 0 radical (unpaired) electrons. The second-order valence-corrected chi connectivity index (χ2v) is 8.11. The number of rotatable bonds is 4. The molecule has 2 aromatic rings. The summed E-state index contributed by atoms with van der Waals surface area (Å²) in [5, 5.41) is 0.497. The van der Waals surface area contributed by atoms with Crippen molar-refractivity contribution >= 4 is 21.6 Å². The lowest BCUT2D eigenvalue weighted by Crippen LogP contribution is -2.45. The van der Waals surface area contributed by atoms with Crippen LogP contribution in [0.1, 0.15) is 12.8 Å². The van der Waals surface area contributed by atoms with Crippen LogP contribution >= 0.6 is 11.6 Å². The molecule has 1 aliphatic heterocycles. The Kier molecular flexibility index (Phi) is 5.10. The van der Waals surface area contributed by atoms with Crippen molar-refractivity contribution in [3.05, 3.63) is 53.6 Å². The van der Waals surface area contributed by atoms with Gasteiger partial charge in [-0.25, -0.2) is 8.42 Å². The van der Waals surface area contributed by atoms with Crippen molar-refractivity contribution in [2.45, 2.75) is 23.8 Å². The lowest BCUT2D eigenvalue weighted by atomic mass is 10.1. The molecule has 0 aliphatic carbocycles. The summed E-state index contributed by atoms with van der Waals surface area (Å²) in [6, 6.07) is 13.4. The summed E-state index contributed by atoms with van der Waals surface area (Å²) in [5.74, 6) is 1.05. The van der Waals surface area contributed by atoms with Crippen LogP contribution in [0.5, 0.6) is 11.5 Å². The van der Waals surface area contributed by atoms with E-state index in [9.17, 15) is 8.42 Å². The van der Waals surface area contributed by atoms with E-state index in [4.69, 9.17) is 22.1 Å². The molecular formula is C17H19ClN2O3S. The lowest BCUT2D eigenvalue weighted by molar-refractivity contribution is 0.316. The number of piperidine rings is 1. The maximum absolute atomic E-state index is 12.7. The number of sulfonamides is 1. The minimum atomic E-state index is -3.52. The average molecular weight is 367 g/mol. The van der Waals surface area contributed by atoms with Gasteiger partial charge in [0.05, 0.1) is 9.92 Å². The molecule has 7 heteroatoms. The molecule has 5 nitrogen and oxygen atoms in total. The van der Waals surface area contributed by atoms with Crippen molar-refractivity contribution < 1.29 is 13.2 Å². The molecule has 128 valence electrons. The van der Waals surface area contributed by atoms with Gasteiger partial charge in [0.1, 0.15) is 11.5 Å². The fraction of sp³-hybridized carbons (Fsp3) is 0.294. The van der Waals surface area contributed by atoms with E-state index in [0.29, 0.717) is 29.6 Å². The Morgan fingerprint density at radius 3 is 2.50 bits per heavy atom. The predicted octanol–water partition coefficient (Wildman–Crippen LogP) is 3.24. The number of hydrogen-bond acceptors (Lipinski definition) is 4. The third-order valence-electron chi connectivity index (χ3n) is 3.95. The van der Waals surface area contributed by atoms with Gasteiger partial charge < -0.3 is 10.5 Å². The first-order valence-electron chi connectivity index (χ1n) is 7.75. The molecule has 24 heavy (non-hydrogen) atoms. The number of para-hydroxylation sites is 1. The minimum Gasteiger partial charge on any atom is -0.456 e. The fourth-order valence-corrected chi connectivity index (χ4v) is 4.39. The van der Waals surface area contributed by atoms with Crippen LogP contribution in [0.3, 0.4) is 0 Å². The summed E-state index contributed by atoms with van der Waals surface area (Å²) >= 11 is 6.05. The molecule has 3 rings (SSSR count). The van der Waals surface area contributed by atoms with Crippen LogP contribution in [0.2, 0.25) is 5.02 Å². The summed E-state index contributed by atoms with van der Waals surface area (Å²) in [6.45, 7) is 0.869. The highest BCUT2D eigenvalue weighted by Gasteiger charge is 2.28. The van der Waals surface area contributed by atoms with E-state index in [-0.39, 0.29) is 10.9 Å². The average Bonchev–Trinajstić information content (AvgIpc) is 2.57. The van der Waals surface area contributed by atoms with Gasteiger partial charge in [-0.1, -0.05) is 23.7 Å². The molecule has 0 spiro atoms. The predicted molar refractivity (Wildman–Crippen MR) is 93.9 cm³/mol. The van der Waals surface area contributed by atoms with Crippen molar-refractivity contribution in [2.24, 2.45) is 5.73 Å². The highest BCUT2D eigenvalue weighted by atomic mass is 35.5. The normalized spacial score (nSPS) is 19.2. The van der Waals surface area contributed by atoms with Crippen LogP contribution in [0.15, 0.2) is 53.4 Å². The van der Waals surface area contributed by atoms with Gasteiger partial charge in [0.25, 0.3) is 0 Å². The Labute approximate surface area is 147 Å². The first-order valence-corrected chi connectivity index (χ1v) is 9.57. The Balaban J connectivity index is 1.77. The highest BCUT2D eigenvalue weighted by molar-refractivity contribution is 7.89. The fourth-order valence-electron chi connectivity index (χ4n) is 2.68. The maximum Gasteiger partial charge on any atom is 0.243 e. The van der Waals surface area contributed by atoms with Gasteiger partial charge in [-0.05, 0) is 49.2 Å². The quantitative estimate of drug-likeness (QED) is 0.901. The summed E-state index contributed by atoms with van der Waals surface area (Å²) in [5.41, 5.74) is 5.89. The van der Waals surface area contributed by atoms with Crippen molar-refractivity contribution in [1.29, 1.82) is 0 Å². The molecule has 1 heterocycles. The molecule has 1 saturated heterocycles. The van der Waals surface area contributed by atoms with E-state index in [2.05, 4.69) is 0 Å². The molecule has 1 unspecified atom stereocenters. The van der Waals surface area contributed by atoms with Crippen LogP contribution in [-0.4, -0.2) is 31.9 Å². The standard InChI is InChI=1S/C17H19ClN2O3S/c18-16-5-1-2-6-17(16)23-14-7-9-15(10-8-14)24(21,22)20-11-3-4-13(19)12-20/h1-2,5-10,13H,3-4,11-12,19H2. The summed E-state index contributed by atoms with van der Waals surface area (Å²) in [7, 11) is -3.52. The van der Waals surface area contributed by atoms with E-state index in [0.717, 1.165) is 12.8 Å². The van der Waals surface area contributed by atoms with Crippen LogP contribution in [0, 0.1) is 0 Å². The molecule has 1 aliphatic rings. The zero-order chi connectivity index (χ0) is 17.2. The first kappa shape index (κ1) is 17.2. The van der Waals surface area contributed by atoms with Gasteiger partial charge in [0.15, 0.2) is 0 Å². The number of nitrogens with two attached hydrogens (primary N) is 1. The van der Waals surface area contributed by atoms with Crippen molar-refractivity contribution in [2.75, 3.05) is 13.1 Å². The summed E-state index contributed by atoms with van der Waals surface area (Å²) < 4.78 is 32.5. The number of nitrogens with zero attached hydrogens (tertiary/aromatic N) is 1. The molecule has 2 N–H and O–H groups in total. The van der Waals surface area contributed by atoms with Gasteiger partial charge in [-0.2, -0.15) is 4.31 Å². The maximum atomic E-state index is 12.7. The Morgan fingerprint density at radius 2 is 1.83 bits per heavy atom. The third-order valence-corrected chi connectivity index (χ3v) is 6.14. The van der Waals surface area contributed by atoms with Crippen LogP contribution in [-0.2, 0) is 10.0 Å². The van der Waals surface area contributed by atoms with Crippen molar-refractivity contribution in [3.8, 4) is 11.5 Å². The summed E-state index contributed by atoms with van der Waals surface area (Å²) in [6.07, 6.45) is 1.64. The first-order chi connectivity index (χ1) is 11.5. The van der Waals surface area contributed by atoms with E-state index in [1.807, 2.05) is 12.1 Å². The second kappa shape index (κ2) is 7.11. The van der Waals surface area contributed by atoms with Crippen LogP contribution < -0.4 is 10.5 Å². The van der Waals surface area contributed by atoms with Gasteiger partial charge in [0, 0.05) is 19.1 Å². The number of halogens is 1. The SMILES string of the molecule is NC1CCCN(S(=O)(=O)c2ccc(Oc3ccccc3Cl)cc2)C1. The highest BCUT2D eigenvalue weighted by Crippen LogP contribution is 2.30.